The Hall–Kier alpha value is -4.35. The zero-order valence-electron chi connectivity index (χ0n) is 17.7. The second kappa shape index (κ2) is 7.08. The predicted molar refractivity (Wildman–Crippen MR) is 112 cm³/mol. The predicted octanol–water partition coefficient (Wildman–Crippen LogP) is 2.08. The van der Waals surface area contributed by atoms with Crippen molar-refractivity contribution in [3.63, 3.8) is 0 Å². The first-order chi connectivity index (χ1) is 16.0. The lowest BCUT2D eigenvalue weighted by molar-refractivity contribution is 0.0646. The quantitative estimate of drug-likeness (QED) is 0.420. The molecule has 0 unspecified atom stereocenters. The van der Waals surface area contributed by atoms with Gasteiger partial charge in [0.05, 0.1) is 29.4 Å². The number of carbonyl (C=O) groups excluding carboxylic acids is 1. The van der Waals surface area contributed by atoms with E-state index >= 15 is 0 Å². The Morgan fingerprint density at radius 1 is 1.30 bits per heavy atom. The molecule has 0 saturated heterocycles. The molecule has 11 nitrogen and oxygen atoms in total. The zero-order chi connectivity index (χ0) is 22.7. The summed E-state index contributed by atoms with van der Waals surface area (Å²) < 4.78 is 22.8. The summed E-state index contributed by atoms with van der Waals surface area (Å²) in [4.78, 5) is 22.6. The number of hydrogen-bond donors (Lipinski definition) is 1. The topological polar surface area (TPSA) is 123 Å². The maximum atomic E-state index is 14.3. The van der Waals surface area contributed by atoms with Crippen molar-refractivity contribution in [3.8, 4) is 11.6 Å². The summed E-state index contributed by atoms with van der Waals surface area (Å²) in [6.45, 7) is 2.24. The molecule has 0 bridgehead atoms. The Morgan fingerprint density at radius 3 is 2.97 bits per heavy atom. The number of imidazole rings is 1. The van der Waals surface area contributed by atoms with Crippen molar-refractivity contribution in [2.24, 2.45) is 7.05 Å². The molecule has 6 heterocycles. The Labute approximate surface area is 185 Å². The maximum absolute atomic E-state index is 14.3. The molecule has 0 fully saturated rings. The van der Waals surface area contributed by atoms with E-state index in [9.17, 15) is 9.18 Å². The molecule has 33 heavy (non-hydrogen) atoms. The van der Waals surface area contributed by atoms with Crippen molar-refractivity contribution in [2.45, 2.75) is 19.4 Å². The van der Waals surface area contributed by atoms with Crippen molar-refractivity contribution in [1.29, 1.82) is 0 Å². The Morgan fingerprint density at radius 2 is 2.18 bits per heavy atom. The number of aromatic amines is 1. The normalized spacial score (nSPS) is 15.8. The fourth-order valence-electron chi connectivity index (χ4n) is 4.31. The van der Waals surface area contributed by atoms with Crippen LogP contribution in [0.5, 0.6) is 0 Å². The summed E-state index contributed by atoms with van der Waals surface area (Å²) in [6.07, 6.45) is 3.84. The molecule has 5 aromatic rings. The van der Waals surface area contributed by atoms with Crippen LogP contribution in [0.25, 0.3) is 17.1 Å². The van der Waals surface area contributed by atoms with E-state index in [4.69, 9.17) is 4.42 Å². The number of nitrogens with zero attached hydrogens (tertiary/aromatic N) is 8. The number of aryl methyl sites for hydroxylation is 2. The zero-order valence-corrected chi connectivity index (χ0v) is 17.7. The molecule has 0 aromatic carbocycles. The number of fused-ring (bicyclic) bond motifs is 2. The Kier molecular flexibility index (Phi) is 4.15. The highest BCUT2D eigenvalue weighted by Gasteiger charge is 2.38. The van der Waals surface area contributed by atoms with Gasteiger partial charge in [-0.05, 0) is 30.7 Å². The van der Waals surface area contributed by atoms with E-state index in [2.05, 4.69) is 30.4 Å². The van der Waals surface area contributed by atoms with Gasteiger partial charge < -0.3 is 14.3 Å². The highest BCUT2D eigenvalue weighted by molar-refractivity contribution is 5.90. The number of nitrogens with one attached hydrogen (secondary N) is 1. The lowest BCUT2D eigenvalue weighted by Gasteiger charge is -2.32. The van der Waals surface area contributed by atoms with Crippen LogP contribution in [0.4, 0.5) is 4.39 Å². The summed E-state index contributed by atoms with van der Waals surface area (Å²) in [6, 6.07) is 5.80. The monoisotopic (exact) mass is 447 g/mol. The third kappa shape index (κ3) is 2.94. The van der Waals surface area contributed by atoms with E-state index in [1.165, 1.54) is 10.6 Å². The Bertz CT molecular complexity index is 1490. The number of H-pyrrole nitrogens is 1. The molecule has 0 aliphatic carbocycles. The summed E-state index contributed by atoms with van der Waals surface area (Å²) >= 11 is 0. The summed E-state index contributed by atoms with van der Waals surface area (Å²) in [5.41, 5.74) is 4.11. The number of hydrogen-bond acceptors (Lipinski definition) is 7. The van der Waals surface area contributed by atoms with E-state index < -0.39 is 17.9 Å². The molecule has 12 heteroatoms. The maximum Gasteiger partial charge on any atom is 0.312 e. The smallest absolute Gasteiger partial charge is 0.312 e. The van der Waals surface area contributed by atoms with Gasteiger partial charge in [-0.2, -0.15) is 14.6 Å². The van der Waals surface area contributed by atoms with Gasteiger partial charge in [0.15, 0.2) is 0 Å². The second-order valence-electron chi connectivity index (χ2n) is 7.88. The molecule has 0 spiro atoms. The fourth-order valence-corrected chi connectivity index (χ4v) is 4.31. The van der Waals surface area contributed by atoms with E-state index in [0.29, 0.717) is 35.6 Å². The average Bonchev–Trinajstić information content (AvgIpc) is 3.59. The molecule has 0 saturated carbocycles. The first kappa shape index (κ1) is 19.3. The van der Waals surface area contributed by atoms with Crippen molar-refractivity contribution in [2.75, 3.05) is 6.54 Å². The first-order valence-corrected chi connectivity index (χ1v) is 10.3. The highest BCUT2D eigenvalue weighted by Crippen LogP contribution is 2.34. The summed E-state index contributed by atoms with van der Waals surface area (Å²) in [7, 11) is 1.76. The van der Waals surface area contributed by atoms with Crippen LogP contribution in [0, 0.1) is 12.9 Å². The van der Waals surface area contributed by atoms with Gasteiger partial charge in [-0.3, -0.25) is 9.48 Å². The number of rotatable bonds is 3. The number of halogens is 1. The Balaban J connectivity index is 1.42. The molecule has 1 N–H and O–H groups in total. The lowest BCUT2D eigenvalue weighted by Crippen LogP contribution is -2.41. The minimum atomic E-state index is -0.638. The minimum Gasteiger partial charge on any atom is -0.411 e. The molecule has 1 atom stereocenters. The molecule has 5 aromatic heterocycles. The third-order valence-electron chi connectivity index (χ3n) is 5.86. The largest absolute Gasteiger partial charge is 0.411 e. The van der Waals surface area contributed by atoms with E-state index in [1.807, 2.05) is 6.92 Å². The second-order valence-corrected chi connectivity index (χ2v) is 7.88. The molecule has 1 amide bonds. The number of aromatic nitrogens is 8. The first-order valence-electron chi connectivity index (χ1n) is 10.3. The fraction of sp³-hybridized carbons (Fsp3) is 0.238. The van der Waals surface area contributed by atoms with Crippen LogP contribution in [0.3, 0.4) is 0 Å². The van der Waals surface area contributed by atoms with Crippen molar-refractivity contribution in [3.05, 3.63) is 71.3 Å². The van der Waals surface area contributed by atoms with Gasteiger partial charge in [-0.1, -0.05) is 6.07 Å². The lowest BCUT2D eigenvalue weighted by atomic mass is 9.99. The van der Waals surface area contributed by atoms with Crippen LogP contribution < -0.4 is 0 Å². The number of pyridine rings is 1. The van der Waals surface area contributed by atoms with Crippen LogP contribution in [-0.2, 0) is 13.5 Å². The van der Waals surface area contributed by atoms with Crippen LogP contribution in [-0.4, -0.2) is 56.9 Å². The third-order valence-corrected chi connectivity index (χ3v) is 5.86. The van der Waals surface area contributed by atoms with Gasteiger partial charge in [-0.15, -0.1) is 10.2 Å². The van der Waals surface area contributed by atoms with Gasteiger partial charge in [0.2, 0.25) is 5.95 Å². The van der Waals surface area contributed by atoms with Crippen molar-refractivity contribution in [1.82, 2.24) is 44.5 Å². The molecule has 1 aliphatic heterocycles. The molecule has 166 valence electrons. The molecule has 6 rings (SSSR count). The van der Waals surface area contributed by atoms with Crippen LogP contribution in [0.15, 0.2) is 41.2 Å². The van der Waals surface area contributed by atoms with Gasteiger partial charge in [0, 0.05) is 25.7 Å². The number of carbonyl (C=O) groups is 1. The minimum absolute atomic E-state index is 0.149. The van der Waals surface area contributed by atoms with Crippen LogP contribution in [0.1, 0.15) is 39.4 Å². The van der Waals surface area contributed by atoms with Crippen LogP contribution in [0.2, 0.25) is 0 Å². The van der Waals surface area contributed by atoms with E-state index in [-0.39, 0.29) is 11.8 Å². The van der Waals surface area contributed by atoms with Gasteiger partial charge in [0.1, 0.15) is 11.7 Å². The van der Waals surface area contributed by atoms with E-state index in [1.54, 1.807) is 47.4 Å². The molecule has 1 aliphatic rings. The average molecular weight is 447 g/mol. The SMILES string of the molecule is Cc1cnn(C)c1-c1nnc(C(=O)N2CCc3[nH]cnc3[C@H]2c2cc3cccc(F)n3n2)o1. The summed E-state index contributed by atoms with van der Waals surface area (Å²) in [5.74, 6) is -0.892. The molecular formula is C21H18FN9O2. The van der Waals surface area contributed by atoms with Gasteiger partial charge in [0.25, 0.3) is 5.89 Å². The van der Waals surface area contributed by atoms with Crippen molar-refractivity contribution >= 4 is 11.4 Å². The van der Waals surface area contributed by atoms with E-state index in [0.717, 1.165) is 11.3 Å². The van der Waals surface area contributed by atoms with Crippen molar-refractivity contribution < 1.29 is 13.6 Å². The van der Waals surface area contributed by atoms with Gasteiger partial charge >= 0.3 is 11.8 Å². The van der Waals surface area contributed by atoms with Gasteiger partial charge in [-0.25, -0.2) is 9.50 Å². The number of amides is 1. The van der Waals surface area contributed by atoms with Crippen LogP contribution >= 0.6 is 0 Å². The highest BCUT2D eigenvalue weighted by atomic mass is 19.1. The molecular weight excluding hydrogens is 429 g/mol. The summed E-state index contributed by atoms with van der Waals surface area (Å²) in [5, 5.41) is 16.7. The standard InChI is InChI=1S/C21H18FN9O2/c1-11-9-25-29(2)17(11)19-26-27-20(33-19)21(32)30-7-6-13-16(24-10-23-13)18(30)14-8-12-4-3-5-15(22)31(12)28-14/h3-5,8-10,18H,6-7H2,1-2H3,(H,23,24)/t18-/m1/s1. The molecule has 0 radical (unpaired) electrons.